The van der Waals surface area contributed by atoms with E-state index in [1.165, 1.54) is 4.31 Å². The van der Waals surface area contributed by atoms with E-state index in [0.717, 1.165) is 13.1 Å². The van der Waals surface area contributed by atoms with Gasteiger partial charge in [-0.25, -0.2) is 4.72 Å². The number of hydrogen-bond donors (Lipinski definition) is 2. The molecule has 6 heteroatoms. The molecule has 0 saturated carbocycles. The van der Waals surface area contributed by atoms with Crippen molar-refractivity contribution < 1.29 is 8.42 Å². The van der Waals surface area contributed by atoms with Crippen LogP contribution >= 0.6 is 0 Å². The molecule has 1 aliphatic heterocycles. The van der Waals surface area contributed by atoms with Gasteiger partial charge in [-0.05, 0) is 17.8 Å². The summed E-state index contributed by atoms with van der Waals surface area (Å²) in [5.74, 6) is 1.34. The van der Waals surface area contributed by atoms with Crippen LogP contribution in [0.2, 0.25) is 0 Å². The molecule has 0 radical (unpaired) electrons. The molecule has 0 aromatic heterocycles. The summed E-state index contributed by atoms with van der Waals surface area (Å²) in [6.07, 6.45) is 0. The van der Waals surface area contributed by atoms with Crippen LogP contribution in [0.15, 0.2) is 0 Å². The molecule has 0 unspecified atom stereocenters. The van der Waals surface area contributed by atoms with Crippen molar-refractivity contribution in [2.75, 3.05) is 32.7 Å². The molecule has 1 aliphatic rings. The molecule has 0 amide bonds. The second-order valence-corrected chi connectivity index (χ2v) is 7.41. The van der Waals surface area contributed by atoms with Gasteiger partial charge in [-0.15, -0.1) is 0 Å². The molecule has 108 valence electrons. The number of piperazine rings is 1. The third-order valence-corrected chi connectivity index (χ3v) is 5.21. The smallest absolute Gasteiger partial charge is 0.279 e. The Kier molecular flexibility index (Phi) is 6.04. The molecule has 1 heterocycles. The topological polar surface area (TPSA) is 61.4 Å². The monoisotopic (exact) mass is 277 g/mol. The van der Waals surface area contributed by atoms with Gasteiger partial charge in [0.1, 0.15) is 0 Å². The van der Waals surface area contributed by atoms with Crippen LogP contribution in [0.5, 0.6) is 0 Å². The molecule has 2 N–H and O–H groups in total. The molecular formula is C12H27N3O2S. The zero-order valence-electron chi connectivity index (χ0n) is 11.9. The fourth-order valence-corrected chi connectivity index (χ4v) is 3.67. The molecule has 0 aromatic carbocycles. The standard InChI is InChI=1S/C12H27N3O2S/c1-10(2)12(11(3)4)9-14-18(16,17)15-7-5-13-6-8-15/h10-14H,5-9H2,1-4H3. The maximum atomic E-state index is 12.1. The SMILES string of the molecule is CC(C)C(CNS(=O)(=O)N1CCNCC1)C(C)C. The van der Waals surface area contributed by atoms with Crippen molar-refractivity contribution >= 4 is 10.2 Å². The molecule has 0 aliphatic carbocycles. The van der Waals surface area contributed by atoms with Gasteiger partial charge in [0.05, 0.1) is 0 Å². The summed E-state index contributed by atoms with van der Waals surface area (Å²) in [6.45, 7) is 11.7. The molecule has 0 atom stereocenters. The van der Waals surface area contributed by atoms with Crippen LogP contribution in [0.4, 0.5) is 0 Å². The van der Waals surface area contributed by atoms with Gasteiger partial charge in [0.15, 0.2) is 0 Å². The van der Waals surface area contributed by atoms with E-state index in [1.807, 2.05) is 0 Å². The second-order valence-electron chi connectivity index (χ2n) is 5.65. The van der Waals surface area contributed by atoms with E-state index in [4.69, 9.17) is 0 Å². The van der Waals surface area contributed by atoms with Crippen molar-refractivity contribution in [3.05, 3.63) is 0 Å². The van der Waals surface area contributed by atoms with Gasteiger partial charge in [0.25, 0.3) is 10.2 Å². The van der Waals surface area contributed by atoms with Crippen LogP contribution in [0, 0.1) is 17.8 Å². The minimum absolute atomic E-state index is 0.377. The Bertz CT molecular complexity index is 327. The summed E-state index contributed by atoms with van der Waals surface area (Å²) < 4.78 is 28.5. The number of rotatable bonds is 6. The fraction of sp³-hybridized carbons (Fsp3) is 1.00. The average Bonchev–Trinajstić information content (AvgIpc) is 2.29. The number of nitrogens with zero attached hydrogens (tertiary/aromatic N) is 1. The highest BCUT2D eigenvalue weighted by Gasteiger charge is 2.26. The second kappa shape index (κ2) is 6.84. The van der Waals surface area contributed by atoms with Gasteiger partial charge in [-0.1, -0.05) is 27.7 Å². The quantitative estimate of drug-likeness (QED) is 0.749. The first-order valence-electron chi connectivity index (χ1n) is 6.80. The first-order chi connectivity index (χ1) is 8.34. The molecule has 1 fully saturated rings. The maximum Gasteiger partial charge on any atom is 0.279 e. The number of hydrogen-bond acceptors (Lipinski definition) is 3. The van der Waals surface area contributed by atoms with Crippen LogP contribution < -0.4 is 10.0 Å². The van der Waals surface area contributed by atoms with Gasteiger partial charge in [-0.3, -0.25) is 0 Å². The fourth-order valence-electron chi connectivity index (χ4n) is 2.42. The molecule has 0 bridgehead atoms. The zero-order chi connectivity index (χ0) is 13.8. The molecule has 1 rings (SSSR count). The van der Waals surface area contributed by atoms with Crippen LogP contribution in [0.3, 0.4) is 0 Å². The Balaban J connectivity index is 2.54. The normalized spacial score (nSPS) is 19.1. The number of nitrogens with one attached hydrogen (secondary N) is 2. The maximum absolute atomic E-state index is 12.1. The Morgan fingerprint density at radius 3 is 2.06 bits per heavy atom. The molecule has 0 aromatic rings. The van der Waals surface area contributed by atoms with Crippen molar-refractivity contribution in [3.8, 4) is 0 Å². The van der Waals surface area contributed by atoms with Crippen LogP contribution in [-0.2, 0) is 10.2 Å². The minimum atomic E-state index is -3.30. The highest BCUT2D eigenvalue weighted by Crippen LogP contribution is 2.19. The summed E-state index contributed by atoms with van der Waals surface area (Å²) in [5, 5.41) is 3.15. The Hall–Kier alpha value is -0.170. The summed E-state index contributed by atoms with van der Waals surface area (Å²) in [7, 11) is -3.30. The summed E-state index contributed by atoms with van der Waals surface area (Å²) >= 11 is 0. The summed E-state index contributed by atoms with van der Waals surface area (Å²) in [4.78, 5) is 0. The van der Waals surface area contributed by atoms with Gasteiger partial charge in [-0.2, -0.15) is 12.7 Å². The third kappa shape index (κ3) is 4.50. The average molecular weight is 277 g/mol. The van der Waals surface area contributed by atoms with E-state index in [0.29, 0.717) is 37.4 Å². The van der Waals surface area contributed by atoms with Gasteiger partial charge in [0.2, 0.25) is 0 Å². The Labute approximate surface area is 112 Å². The van der Waals surface area contributed by atoms with Crippen molar-refractivity contribution in [1.82, 2.24) is 14.3 Å². The molecule has 0 spiro atoms. The predicted octanol–water partition coefficient (Wildman–Crippen LogP) is 0.654. The first kappa shape index (κ1) is 15.9. The first-order valence-corrected chi connectivity index (χ1v) is 8.24. The van der Waals surface area contributed by atoms with E-state index in [9.17, 15) is 8.42 Å². The highest BCUT2D eigenvalue weighted by atomic mass is 32.2. The lowest BCUT2D eigenvalue weighted by atomic mass is 9.86. The summed E-state index contributed by atoms with van der Waals surface area (Å²) in [6, 6.07) is 0. The van der Waals surface area contributed by atoms with E-state index in [1.54, 1.807) is 0 Å². The van der Waals surface area contributed by atoms with Crippen LogP contribution in [0.25, 0.3) is 0 Å². The summed E-state index contributed by atoms with van der Waals surface area (Å²) in [5.41, 5.74) is 0. The highest BCUT2D eigenvalue weighted by molar-refractivity contribution is 7.87. The predicted molar refractivity (Wildman–Crippen MR) is 74.5 cm³/mol. The van der Waals surface area contributed by atoms with Crippen molar-refractivity contribution in [3.63, 3.8) is 0 Å². The van der Waals surface area contributed by atoms with Crippen molar-refractivity contribution in [2.45, 2.75) is 27.7 Å². The van der Waals surface area contributed by atoms with Crippen molar-refractivity contribution in [2.24, 2.45) is 17.8 Å². The van der Waals surface area contributed by atoms with Gasteiger partial charge in [0, 0.05) is 32.7 Å². The van der Waals surface area contributed by atoms with Crippen molar-refractivity contribution in [1.29, 1.82) is 0 Å². The molecule has 1 saturated heterocycles. The van der Waals surface area contributed by atoms with E-state index in [2.05, 4.69) is 37.7 Å². The Morgan fingerprint density at radius 2 is 1.61 bits per heavy atom. The van der Waals surface area contributed by atoms with Gasteiger partial charge >= 0.3 is 0 Å². The lowest BCUT2D eigenvalue weighted by Gasteiger charge is -2.29. The van der Waals surface area contributed by atoms with Crippen LogP contribution in [0.1, 0.15) is 27.7 Å². The zero-order valence-corrected chi connectivity index (χ0v) is 12.8. The largest absolute Gasteiger partial charge is 0.314 e. The lowest BCUT2D eigenvalue weighted by Crippen LogP contribution is -2.51. The lowest BCUT2D eigenvalue weighted by molar-refractivity contribution is 0.283. The minimum Gasteiger partial charge on any atom is -0.314 e. The molecule has 18 heavy (non-hydrogen) atoms. The third-order valence-electron chi connectivity index (χ3n) is 3.63. The van der Waals surface area contributed by atoms with E-state index >= 15 is 0 Å². The van der Waals surface area contributed by atoms with E-state index < -0.39 is 10.2 Å². The Morgan fingerprint density at radius 1 is 1.11 bits per heavy atom. The molecular weight excluding hydrogens is 250 g/mol. The van der Waals surface area contributed by atoms with E-state index in [-0.39, 0.29) is 0 Å². The van der Waals surface area contributed by atoms with Gasteiger partial charge < -0.3 is 5.32 Å². The van der Waals surface area contributed by atoms with Crippen LogP contribution in [-0.4, -0.2) is 45.4 Å². The molecule has 5 nitrogen and oxygen atoms in total.